The fourth-order valence-corrected chi connectivity index (χ4v) is 14.9. The average molecular weight is 1380 g/mol. The summed E-state index contributed by atoms with van der Waals surface area (Å²) in [5.41, 5.74) is 0. The average Bonchev–Trinajstić information content (AvgIpc) is 1.73. The Bertz CT molecular complexity index is 1550. The number of aliphatic hydroxyl groups is 2. The molecule has 0 heterocycles. The van der Waals surface area contributed by atoms with Crippen molar-refractivity contribution in [2.24, 2.45) is 0 Å². The Labute approximate surface area is 615 Å². The van der Waals surface area contributed by atoms with Crippen molar-refractivity contribution in [1.82, 2.24) is 5.32 Å². The molecule has 6 nitrogen and oxygen atoms in total. The molecule has 0 aromatic rings. The van der Waals surface area contributed by atoms with Gasteiger partial charge >= 0.3 is 5.97 Å². The van der Waals surface area contributed by atoms with Gasteiger partial charge in [0.2, 0.25) is 5.91 Å². The predicted molar refractivity (Wildman–Crippen MR) is 435 cm³/mol. The number of esters is 1. The lowest BCUT2D eigenvalue weighted by atomic mass is 10.0. The SMILES string of the molecule is CCCCC/C=C\C/C=C\CCCCCCCCCC(=O)OCCCCCCCCCCCCCCCCCCCCCCCCCCCCCCCCCCCCCCCCCC(=O)NC(CO)C(O)CCCCCCCCCCCCCCCCCCCCCCCCCCC. The van der Waals surface area contributed by atoms with Crippen LogP contribution in [0.25, 0.3) is 0 Å². The summed E-state index contributed by atoms with van der Waals surface area (Å²) in [6, 6.07) is -0.538. The molecule has 0 radical (unpaired) electrons. The van der Waals surface area contributed by atoms with Crippen molar-refractivity contribution in [3.05, 3.63) is 24.3 Å². The number of ether oxygens (including phenoxy) is 1. The van der Waals surface area contributed by atoms with E-state index in [4.69, 9.17) is 4.74 Å². The maximum absolute atomic E-state index is 12.6. The van der Waals surface area contributed by atoms with Crippen LogP contribution < -0.4 is 5.32 Å². The Morgan fingerprint density at radius 2 is 0.510 bits per heavy atom. The van der Waals surface area contributed by atoms with Gasteiger partial charge in [0, 0.05) is 12.8 Å². The van der Waals surface area contributed by atoms with E-state index in [2.05, 4.69) is 43.5 Å². The Balaban J connectivity index is 3.30. The monoisotopic (exact) mass is 1380 g/mol. The highest BCUT2D eigenvalue weighted by Gasteiger charge is 2.20. The normalized spacial score (nSPS) is 12.5. The van der Waals surface area contributed by atoms with Gasteiger partial charge in [-0.05, 0) is 57.8 Å². The quantitative estimate of drug-likeness (QED) is 0.0320. The molecule has 2 atom stereocenters. The zero-order valence-corrected chi connectivity index (χ0v) is 67.1. The number of amides is 1. The van der Waals surface area contributed by atoms with Crippen LogP contribution in [0.4, 0.5) is 0 Å². The molecule has 0 aliphatic rings. The molecule has 0 fully saturated rings. The standard InChI is InChI=1S/C92H179NO5/c1-3-5-7-9-11-13-15-17-19-21-22-23-24-40-43-46-49-53-56-60-64-68-72-76-80-84-90(95)89(88-94)93-91(96)85-81-77-73-69-65-61-57-54-50-47-44-41-38-36-34-32-30-28-26-25-27-29-31-33-35-37-39-42-45-48-51-55-59-63-67-71-75-79-83-87-98-92(97)86-82-78-74-70-66-62-58-52-20-18-16-14-12-10-8-6-4-2/h12,14,18,20,89-90,94-95H,3-11,13,15-17,19,21-88H2,1-2H3,(H,93,96)/b14-12-,20-18-. The molecule has 582 valence electrons. The van der Waals surface area contributed by atoms with E-state index < -0.39 is 12.1 Å². The first-order valence-corrected chi connectivity index (χ1v) is 45.6. The van der Waals surface area contributed by atoms with Gasteiger partial charge in [-0.2, -0.15) is 0 Å². The van der Waals surface area contributed by atoms with Crippen molar-refractivity contribution in [2.75, 3.05) is 13.2 Å². The van der Waals surface area contributed by atoms with Gasteiger partial charge in [-0.15, -0.1) is 0 Å². The predicted octanol–water partition coefficient (Wildman–Crippen LogP) is 30.7. The van der Waals surface area contributed by atoms with E-state index in [1.54, 1.807) is 0 Å². The van der Waals surface area contributed by atoms with Crippen molar-refractivity contribution in [2.45, 2.75) is 540 Å². The molecule has 0 aliphatic carbocycles. The second-order valence-corrected chi connectivity index (χ2v) is 31.6. The highest BCUT2D eigenvalue weighted by atomic mass is 16.5. The largest absolute Gasteiger partial charge is 0.466 e. The zero-order valence-electron chi connectivity index (χ0n) is 67.1. The van der Waals surface area contributed by atoms with Crippen molar-refractivity contribution >= 4 is 11.9 Å². The second-order valence-electron chi connectivity index (χ2n) is 31.6. The summed E-state index contributed by atoms with van der Waals surface area (Å²) in [6.45, 7) is 4.99. The topological polar surface area (TPSA) is 95.9 Å². The van der Waals surface area contributed by atoms with E-state index in [-0.39, 0.29) is 18.5 Å². The molecule has 1 amide bonds. The van der Waals surface area contributed by atoms with Gasteiger partial charge in [0.05, 0.1) is 25.4 Å². The van der Waals surface area contributed by atoms with Crippen molar-refractivity contribution in [3.8, 4) is 0 Å². The lowest BCUT2D eigenvalue weighted by Gasteiger charge is -2.22. The van der Waals surface area contributed by atoms with Crippen molar-refractivity contribution in [3.63, 3.8) is 0 Å². The number of hydrogen-bond acceptors (Lipinski definition) is 5. The number of carbonyl (C=O) groups is 2. The molecule has 98 heavy (non-hydrogen) atoms. The van der Waals surface area contributed by atoms with E-state index in [1.807, 2.05) is 0 Å². The molecule has 0 bridgehead atoms. The lowest BCUT2D eigenvalue weighted by molar-refractivity contribution is -0.143. The maximum atomic E-state index is 12.6. The molecule has 0 saturated carbocycles. The minimum atomic E-state index is -0.661. The van der Waals surface area contributed by atoms with Gasteiger partial charge in [-0.3, -0.25) is 9.59 Å². The van der Waals surface area contributed by atoms with Crippen LogP contribution in [0, 0.1) is 0 Å². The van der Waals surface area contributed by atoms with Crippen LogP contribution in [0.5, 0.6) is 0 Å². The van der Waals surface area contributed by atoms with Gasteiger partial charge in [0.15, 0.2) is 0 Å². The Hall–Kier alpha value is -1.66. The molecule has 0 rings (SSSR count). The van der Waals surface area contributed by atoms with Crippen molar-refractivity contribution in [1.29, 1.82) is 0 Å². The first kappa shape index (κ1) is 96.3. The van der Waals surface area contributed by atoms with Gasteiger partial charge in [-0.25, -0.2) is 0 Å². The zero-order chi connectivity index (χ0) is 70.5. The van der Waals surface area contributed by atoms with E-state index in [1.165, 1.54) is 443 Å². The number of carbonyl (C=O) groups excluding carboxylic acids is 2. The van der Waals surface area contributed by atoms with Gasteiger partial charge in [0.25, 0.3) is 0 Å². The number of rotatable bonds is 87. The minimum absolute atomic E-state index is 0.0175. The number of nitrogens with one attached hydrogen (secondary N) is 1. The highest BCUT2D eigenvalue weighted by Crippen LogP contribution is 2.22. The third-order valence-corrected chi connectivity index (χ3v) is 21.8. The molecular weight excluding hydrogens is 1200 g/mol. The lowest BCUT2D eigenvalue weighted by Crippen LogP contribution is -2.45. The molecule has 0 aliphatic heterocycles. The number of allylic oxidation sites excluding steroid dienone is 4. The summed E-state index contributed by atoms with van der Waals surface area (Å²) in [4.78, 5) is 24.7. The van der Waals surface area contributed by atoms with Crippen LogP contribution in [0.1, 0.15) is 528 Å². The van der Waals surface area contributed by atoms with E-state index >= 15 is 0 Å². The first-order chi connectivity index (χ1) is 48.5. The molecule has 6 heteroatoms. The fourth-order valence-electron chi connectivity index (χ4n) is 14.9. The molecule has 2 unspecified atom stereocenters. The molecule has 0 aromatic carbocycles. The minimum Gasteiger partial charge on any atom is -0.466 e. The van der Waals surface area contributed by atoms with Crippen LogP contribution in [0.15, 0.2) is 24.3 Å². The van der Waals surface area contributed by atoms with Crippen LogP contribution >= 0.6 is 0 Å². The third-order valence-electron chi connectivity index (χ3n) is 21.8. The molecule has 3 N–H and O–H groups in total. The summed E-state index contributed by atoms with van der Waals surface area (Å²) >= 11 is 0. The maximum Gasteiger partial charge on any atom is 0.305 e. The number of hydrogen-bond donors (Lipinski definition) is 3. The highest BCUT2D eigenvalue weighted by molar-refractivity contribution is 5.76. The fraction of sp³-hybridized carbons (Fsp3) is 0.935. The van der Waals surface area contributed by atoms with Gasteiger partial charge in [-0.1, -0.05) is 481 Å². The molecule has 0 aromatic heterocycles. The Morgan fingerprint density at radius 3 is 0.796 bits per heavy atom. The molecular formula is C92H179NO5. The van der Waals surface area contributed by atoms with E-state index in [0.717, 1.165) is 51.4 Å². The van der Waals surface area contributed by atoms with Gasteiger partial charge in [0.1, 0.15) is 0 Å². The third kappa shape index (κ3) is 83.3. The molecule has 0 saturated heterocycles. The summed E-state index contributed by atoms with van der Waals surface area (Å²) < 4.78 is 5.51. The van der Waals surface area contributed by atoms with E-state index in [9.17, 15) is 19.8 Å². The Morgan fingerprint density at radius 1 is 0.286 bits per heavy atom. The number of unbranched alkanes of at least 4 members (excludes halogenated alkanes) is 72. The van der Waals surface area contributed by atoms with Crippen LogP contribution in [-0.2, 0) is 14.3 Å². The van der Waals surface area contributed by atoms with Crippen LogP contribution in [-0.4, -0.2) is 47.4 Å². The van der Waals surface area contributed by atoms with Crippen LogP contribution in [0.3, 0.4) is 0 Å². The summed E-state index contributed by atoms with van der Waals surface area (Å²) in [5, 5.41) is 23.5. The van der Waals surface area contributed by atoms with E-state index in [0.29, 0.717) is 25.9 Å². The second kappa shape index (κ2) is 87.7. The molecule has 0 spiro atoms. The smallest absolute Gasteiger partial charge is 0.305 e. The summed E-state index contributed by atoms with van der Waals surface area (Å²) in [6.07, 6.45) is 115. The van der Waals surface area contributed by atoms with Crippen LogP contribution in [0.2, 0.25) is 0 Å². The van der Waals surface area contributed by atoms with Crippen molar-refractivity contribution < 1.29 is 24.5 Å². The number of aliphatic hydroxyl groups excluding tert-OH is 2. The summed E-state index contributed by atoms with van der Waals surface area (Å²) in [5.74, 6) is -0.00452. The summed E-state index contributed by atoms with van der Waals surface area (Å²) in [7, 11) is 0. The Kier molecular flexibility index (Phi) is 86.3. The van der Waals surface area contributed by atoms with Gasteiger partial charge < -0.3 is 20.3 Å². The first-order valence-electron chi connectivity index (χ1n) is 45.6.